The molecule has 23 heavy (non-hydrogen) atoms. The molecule has 0 spiro atoms. The average Bonchev–Trinajstić information content (AvgIpc) is 3.40. The summed E-state index contributed by atoms with van der Waals surface area (Å²) in [4.78, 5) is 14.3. The van der Waals surface area contributed by atoms with Gasteiger partial charge in [-0.1, -0.05) is 13.0 Å². The fourth-order valence-electron chi connectivity index (χ4n) is 2.76. The summed E-state index contributed by atoms with van der Waals surface area (Å²) in [6.45, 7) is 5.55. The van der Waals surface area contributed by atoms with Crippen LogP contribution in [0, 0.1) is 5.92 Å². The Balaban J connectivity index is 1.73. The van der Waals surface area contributed by atoms with Crippen LogP contribution in [0.2, 0.25) is 0 Å². The summed E-state index contributed by atoms with van der Waals surface area (Å²) in [5, 5.41) is 2.81. The van der Waals surface area contributed by atoms with Gasteiger partial charge in [-0.3, -0.25) is 4.79 Å². The van der Waals surface area contributed by atoms with Gasteiger partial charge in [-0.15, -0.1) is 0 Å². The molecule has 1 saturated heterocycles. The Morgan fingerprint density at radius 3 is 2.52 bits per heavy atom. The summed E-state index contributed by atoms with van der Waals surface area (Å²) >= 11 is 0. The van der Waals surface area contributed by atoms with E-state index in [1.54, 1.807) is 24.3 Å². The van der Waals surface area contributed by atoms with Crippen molar-refractivity contribution in [3.05, 3.63) is 24.3 Å². The first-order chi connectivity index (χ1) is 11.0. The lowest BCUT2D eigenvalue weighted by atomic mass is 10.3. The zero-order valence-electron chi connectivity index (χ0n) is 13.4. The molecule has 1 aromatic carbocycles. The molecule has 0 radical (unpaired) electrons. The van der Waals surface area contributed by atoms with Crippen LogP contribution in [-0.2, 0) is 14.8 Å². The molecular weight excluding hydrogens is 314 g/mol. The topological polar surface area (TPSA) is 69.7 Å². The van der Waals surface area contributed by atoms with Crippen LogP contribution < -0.4 is 5.32 Å². The number of likely N-dealkylation sites (N-methyl/N-ethyl adjacent to an activating group) is 1. The standard InChI is InChI=1S/C16H23N3O3S/c1-2-18-8-10-19(11-9-18)23(21,22)15-5-3-4-14(12-15)17-16(20)13-6-7-13/h3-5,12-13H,2,6-11H2,1H3,(H,17,20). The lowest BCUT2D eigenvalue weighted by molar-refractivity contribution is -0.117. The van der Waals surface area contributed by atoms with Crippen LogP contribution in [0.15, 0.2) is 29.2 Å². The van der Waals surface area contributed by atoms with E-state index in [1.165, 1.54) is 4.31 Å². The third-order valence-corrected chi connectivity index (χ3v) is 6.36. The van der Waals surface area contributed by atoms with Crippen molar-refractivity contribution >= 4 is 21.6 Å². The molecule has 1 heterocycles. The first-order valence-corrected chi connectivity index (χ1v) is 9.58. The Labute approximate surface area is 137 Å². The van der Waals surface area contributed by atoms with Gasteiger partial charge in [0.05, 0.1) is 4.90 Å². The number of piperazine rings is 1. The summed E-state index contributed by atoms with van der Waals surface area (Å²) in [5.74, 6) is 0.0773. The number of sulfonamides is 1. The number of nitrogens with one attached hydrogen (secondary N) is 1. The minimum Gasteiger partial charge on any atom is -0.326 e. The average molecular weight is 337 g/mol. The Bertz CT molecular complexity index is 678. The van der Waals surface area contributed by atoms with Gasteiger partial charge in [0.25, 0.3) is 0 Å². The monoisotopic (exact) mass is 337 g/mol. The maximum absolute atomic E-state index is 12.8. The summed E-state index contributed by atoms with van der Waals surface area (Å²) in [5.41, 5.74) is 0.551. The highest BCUT2D eigenvalue weighted by atomic mass is 32.2. The van der Waals surface area contributed by atoms with Crippen LogP contribution in [-0.4, -0.2) is 56.3 Å². The van der Waals surface area contributed by atoms with Gasteiger partial charge in [0, 0.05) is 37.8 Å². The highest BCUT2D eigenvalue weighted by Crippen LogP contribution is 2.30. The van der Waals surface area contributed by atoms with Crippen molar-refractivity contribution < 1.29 is 13.2 Å². The number of hydrogen-bond acceptors (Lipinski definition) is 4. The Hall–Kier alpha value is -1.44. The van der Waals surface area contributed by atoms with E-state index in [1.807, 2.05) is 0 Å². The molecule has 2 aliphatic rings. The van der Waals surface area contributed by atoms with Gasteiger partial charge in [-0.25, -0.2) is 8.42 Å². The normalized spacial score (nSPS) is 20.4. The number of benzene rings is 1. The molecule has 1 saturated carbocycles. The van der Waals surface area contributed by atoms with Crippen molar-refractivity contribution in [1.82, 2.24) is 9.21 Å². The Kier molecular flexibility index (Phi) is 4.70. The Morgan fingerprint density at radius 2 is 1.91 bits per heavy atom. The summed E-state index contributed by atoms with van der Waals surface area (Å²) in [6, 6.07) is 6.56. The predicted octanol–water partition coefficient (Wildman–Crippen LogP) is 1.36. The zero-order valence-corrected chi connectivity index (χ0v) is 14.2. The minimum atomic E-state index is -3.50. The third-order valence-electron chi connectivity index (χ3n) is 4.47. The van der Waals surface area contributed by atoms with Crippen LogP contribution in [0.1, 0.15) is 19.8 Å². The second-order valence-electron chi connectivity index (χ2n) is 6.13. The molecule has 1 amide bonds. The fourth-order valence-corrected chi connectivity index (χ4v) is 4.23. The van der Waals surface area contributed by atoms with Gasteiger partial charge < -0.3 is 10.2 Å². The van der Waals surface area contributed by atoms with Gasteiger partial charge >= 0.3 is 0 Å². The van der Waals surface area contributed by atoms with Crippen LogP contribution in [0.25, 0.3) is 0 Å². The molecule has 126 valence electrons. The predicted molar refractivity (Wildman–Crippen MR) is 88.7 cm³/mol. The van der Waals surface area contributed by atoms with Gasteiger partial charge in [0.15, 0.2) is 0 Å². The van der Waals surface area contributed by atoms with E-state index < -0.39 is 10.0 Å². The van der Waals surface area contributed by atoms with E-state index in [-0.39, 0.29) is 16.7 Å². The summed E-state index contributed by atoms with van der Waals surface area (Å²) < 4.78 is 27.1. The maximum atomic E-state index is 12.8. The molecule has 0 aromatic heterocycles. The van der Waals surface area contributed by atoms with E-state index in [0.29, 0.717) is 18.8 Å². The SMILES string of the molecule is CCN1CCN(S(=O)(=O)c2cccc(NC(=O)C3CC3)c2)CC1. The lowest BCUT2D eigenvalue weighted by Crippen LogP contribution is -2.48. The van der Waals surface area contributed by atoms with Crippen LogP contribution in [0.4, 0.5) is 5.69 Å². The van der Waals surface area contributed by atoms with Gasteiger partial charge in [-0.05, 0) is 37.6 Å². The first-order valence-electron chi connectivity index (χ1n) is 8.14. The number of hydrogen-bond donors (Lipinski definition) is 1. The van der Waals surface area contributed by atoms with Crippen molar-refractivity contribution in [3.8, 4) is 0 Å². The molecule has 1 aliphatic heterocycles. The Morgan fingerprint density at radius 1 is 1.22 bits per heavy atom. The first kappa shape index (κ1) is 16.4. The van der Waals surface area contributed by atoms with Gasteiger partial charge in [0.1, 0.15) is 0 Å². The van der Waals surface area contributed by atoms with Crippen LogP contribution >= 0.6 is 0 Å². The number of amides is 1. The van der Waals surface area contributed by atoms with Crippen molar-refractivity contribution in [3.63, 3.8) is 0 Å². The van der Waals surface area contributed by atoms with E-state index in [4.69, 9.17) is 0 Å². The molecule has 7 heteroatoms. The van der Waals surface area contributed by atoms with Crippen molar-refractivity contribution in [2.75, 3.05) is 38.0 Å². The molecule has 1 aromatic rings. The van der Waals surface area contributed by atoms with Crippen LogP contribution in [0.3, 0.4) is 0 Å². The second-order valence-corrected chi connectivity index (χ2v) is 8.07. The number of anilines is 1. The van der Waals surface area contributed by atoms with E-state index in [9.17, 15) is 13.2 Å². The molecule has 0 unspecified atom stereocenters. The highest BCUT2D eigenvalue weighted by Gasteiger charge is 2.30. The summed E-state index contributed by atoms with van der Waals surface area (Å²) in [6.07, 6.45) is 1.84. The lowest BCUT2D eigenvalue weighted by Gasteiger charge is -2.33. The fraction of sp³-hybridized carbons (Fsp3) is 0.562. The molecule has 0 bridgehead atoms. The molecular formula is C16H23N3O3S. The largest absolute Gasteiger partial charge is 0.326 e. The highest BCUT2D eigenvalue weighted by molar-refractivity contribution is 7.89. The number of nitrogens with zero attached hydrogens (tertiary/aromatic N) is 2. The van der Waals surface area contributed by atoms with E-state index in [0.717, 1.165) is 32.5 Å². The van der Waals surface area contributed by atoms with E-state index in [2.05, 4.69) is 17.1 Å². The summed E-state index contributed by atoms with van der Waals surface area (Å²) in [7, 11) is -3.50. The molecule has 0 atom stereocenters. The van der Waals surface area contributed by atoms with Gasteiger partial charge in [-0.2, -0.15) is 4.31 Å². The molecule has 1 aliphatic carbocycles. The van der Waals surface area contributed by atoms with Crippen molar-refractivity contribution in [1.29, 1.82) is 0 Å². The maximum Gasteiger partial charge on any atom is 0.243 e. The van der Waals surface area contributed by atoms with Gasteiger partial charge in [0.2, 0.25) is 15.9 Å². The molecule has 6 nitrogen and oxygen atoms in total. The van der Waals surface area contributed by atoms with Crippen molar-refractivity contribution in [2.45, 2.75) is 24.7 Å². The third kappa shape index (κ3) is 3.73. The van der Waals surface area contributed by atoms with E-state index >= 15 is 0 Å². The minimum absolute atomic E-state index is 0.0175. The van der Waals surface area contributed by atoms with Crippen molar-refractivity contribution in [2.24, 2.45) is 5.92 Å². The quantitative estimate of drug-likeness (QED) is 0.881. The molecule has 1 N–H and O–H groups in total. The zero-order chi connectivity index (χ0) is 16.4. The number of carbonyl (C=O) groups excluding carboxylic acids is 1. The molecule has 2 fully saturated rings. The number of rotatable bonds is 5. The van der Waals surface area contributed by atoms with Crippen LogP contribution in [0.5, 0.6) is 0 Å². The second kappa shape index (κ2) is 6.59. The molecule has 3 rings (SSSR count). The smallest absolute Gasteiger partial charge is 0.243 e. The number of carbonyl (C=O) groups is 1.